The van der Waals surface area contributed by atoms with Crippen LogP contribution in [0, 0.1) is 5.82 Å². The third-order valence-corrected chi connectivity index (χ3v) is 5.53. The van der Waals surface area contributed by atoms with E-state index in [1.165, 1.54) is 4.31 Å². The lowest BCUT2D eigenvalue weighted by Crippen LogP contribution is -2.32. The molecule has 0 saturated carbocycles. The Balaban J connectivity index is 2.50. The molecule has 2 aromatic carbocycles. The zero-order chi connectivity index (χ0) is 18.4. The zero-order valence-electron chi connectivity index (χ0n) is 14.1. The van der Waals surface area contributed by atoms with Crippen LogP contribution in [-0.4, -0.2) is 32.3 Å². The van der Waals surface area contributed by atoms with E-state index >= 15 is 0 Å². The van der Waals surface area contributed by atoms with Crippen LogP contribution >= 0.6 is 0 Å². The van der Waals surface area contributed by atoms with Crippen molar-refractivity contribution < 1.29 is 22.3 Å². The first kappa shape index (κ1) is 19.1. The molecule has 2 aromatic rings. The fourth-order valence-electron chi connectivity index (χ4n) is 2.45. The lowest BCUT2D eigenvalue weighted by molar-refractivity contribution is 0.0596. The normalized spacial score (nSPS) is 11.5. The first-order chi connectivity index (χ1) is 11.9. The topological polar surface area (TPSA) is 63.7 Å². The SMILES string of the molecule is CCCN(Cc1ccccc1)S(=O)(=O)c1cc(F)ccc1C(=O)OC. The van der Waals surface area contributed by atoms with Crippen molar-refractivity contribution in [3.63, 3.8) is 0 Å². The van der Waals surface area contributed by atoms with Gasteiger partial charge in [-0.25, -0.2) is 17.6 Å². The highest BCUT2D eigenvalue weighted by molar-refractivity contribution is 7.89. The van der Waals surface area contributed by atoms with Gasteiger partial charge in [-0.15, -0.1) is 0 Å². The predicted molar refractivity (Wildman–Crippen MR) is 92.1 cm³/mol. The second-order valence-corrected chi connectivity index (χ2v) is 7.36. The molecule has 0 amide bonds. The van der Waals surface area contributed by atoms with Crippen molar-refractivity contribution in [3.8, 4) is 0 Å². The quantitative estimate of drug-likeness (QED) is 0.707. The van der Waals surface area contributed by atoms with Gasteiger partial charge in [-0.2, -0.15) is 4.31 Å². The van der Waals surface area contributed by atoms with E-state index in [1.54, 1.807) is 0 Å². The van der Waals surface area contributed by atoms with E-state index in [4.69, 9.17) is 0 Å². The molecule has 0 unspecified atom stereocenters. The highest BCUT2D eigenvalue weighted by Crippen LogP contribution is 2.24. The van der Waals surface area contributed by atoms with Crippen LogP contribution in [0.3, 0.4) is 0 Å². The van der Waals surface area contributed by atoms with Crippen LogP contribution in [0.2, 0.25) is 0 Å². The number of rotatable bonds is 7. The predicted octanol–water partition coefficient (Wildman–Crippen LogP) is 3.21. The number of benzene rings is 2. The van der Waals surface area contributed by atoms with Gasteiger partial charge in [0, 0.05) is 13.1 Å². The maximum absolute atomic E-state index is 13.7. The van der Waals surface area contributed by atoms with Gasteiger partial charge in [-0.05, 0) is 30.2 Å². The number of halogens is 1. The Morgan fingerprint density at radius 2 is 1.84 bits per heavy atom. The van der Waals surface area contributed by atoms with Crippen LogP contribution in [-0.2, 0) is 21.3 Å². The summed E-state index contributed by atoms with van der Waals surface area (Å²) in [5.41, 5.74) is 0.619. The Morgan fingerprint density at radius 1 is 1.16 bits per heavy atom. The summed E-state index contributed by atoms with van der Waals surface area (Å²) in [4.78, 5) is 11.5. The van der Waals surface area contributed by atoms with Crippen molar-refractivity contribution in [2.24, 2.45) is 0 Å². The second kappa shape index (κ2) is 8.22. The molecule has 0 heterocycles. The Kier molecular flexibility index (Phi) is 6.27. The van der Waals surface area contributed by atoms with Crippen molar-refractivity contribution in [1.82, 2.24) is 4.31 Å². The molecule has 25 heavy (non-hydrogen) atoms. The summed E-state index contributed by atoms with van der Waals surface area (Å²) in [6.07, 6.45) is 0.578. The van der Waals surface area contributed by atoms with E-state index < -0.39 is 21.8 Å². The second-order valence-electron chi connectivity index (χ2n) is 5.46. The molecule has 0 fully saturated rings. The largest absolute Gasteiger partial charge is 0.465 e. The number of carbonyl (C=O) groups excluding carboxylic acids is 1. The summed E-state index contributed by atoms with van der Waals surface area (Å²) in [5.74, 6) is -1.56. The van der Waals surface area contributed by atoms with Crippen molar-refractivity contribution >= 4 is 16.0 Å². The maximum atomic E-state index is 13.7. The Bertz CT molecular complexity index is 837. The van der Waals surface area contributed by atoms with Gasteiger partial charge in [-0.3, -0.25) is 0 Å². The smallest absolute Gasteiger partial charge is 0.339 e. The summed E-state index contributed by atoms with van der Waals surface area (Å²) in [6, 6.07) is 12.1. The van der Waals surface area contributed by atoms with Crippen molar-refractivity contribution in [1.29, 1.82) is 0 Å². The molecule has 0 saturated heterocycles. The first-order valence-electron chi connectivity index (χ1n) is 7.82. The van der Waals surface area contributed by atoms with Crippen LogP contribution in [0.4, 0.5) is 4.39 Å². The summed E-state index contributed by atoms with van der Waals surface area (Å²) in [6.45, 7) is 2.23. The Hall–Kier alpha value is -2.25. The van der Waals surface area contributed by atoms with Gasteiger partial charge in [-0.1, -0.05) is 37.3 Å². The van der Waals surface area contributed by atoms with Gasteiger partial charge >= 0.3 is 5.97 Å². The number of nitrogens with zero attached hydrogens (tertiary/aromatic N) is 1. The number of ether oxygens (including phenoxy) is 1. The first-order valence-corrected chi connectivity index (χ1v) is 9.26. The Morgan fingerprint density at radius 3 is 2.44 bits per heavy atom. The standard InChI is InChI=1S/C18H20FNO4S/c1-3-11-20(13-14-7-5-4-6-8-14)25(22,23)17-12-15(19)9-10-16(17)18(21)24-2/h4-10,12H,3,11,13H2,1-2H3. The number of hydrogen-bond acceptors (Lipinski definition) is 4. The maximum Gasteiger partial charge on any atom is 0.339 e. The summed E-state index contributed by atoms with van der Waals surface area (Å²) in [5, 5.41) is 0. The fraction of sp³-hybridized carbons (Fsp3) is 0.278. The van der Waals surface area contributed by atoms with Crippen molar-refractivity contribution in [3.05, 3.63) is 65.5 Å². The third kappa shape index (κ3) is 4.43. The van der Waals surface area contributed by atoms with E-state index in [-0.39, 0.29) is 23.5 Å². The van der Waals surface area contributed by atoms with Gasteiger partial charge in [0.05, 0.1) is 17.6 Å². The number of sulfonamides is 1. The van der Waals surface area contributed by atoms with E-state index in [0.717, 1.165) is 30.9 Å². The molecule has 0 atom stereocenters. The van der Waals surface area contributed by atoms with Crippen LogP contribution < -0.4 is 0 Å². The number of methoxy groups -OCH3 is 1. The van der Waals surface area contributed by atoms with E-state index in [0.29, 0.717) is 6.42 Å². The van der Waals surface area contributed by atoms with Crippen LogP contribution in [0.25, 0.3) is 0 Å². The monoisotopic (exact) mass is 365 g/mol. The van der Waals surface area contributed by atoms with E-state index in [9.17, 15) is 17.6 Å². The molecule has 0 aliphatic carbocycles. The number of carbonyl (C=O) groups is 1. The van der Waals surface area contributed by atoms with Gasteiger partial charge < -0.3 is 4.74 Å². The van der Waals surface area contributed by atoms with Crippen LogP contribution in [0.1, 0.15) is 29.3 Å². The molecule has 0 N–H and O–H groups in total. The molecule has 134 valence electrons. The molecule has 0 radical (unpaired) electrons. The number of esters is 1. The van der Waals surface area contributed by atoms with Crippen LogP contribution in [0.5, 0.6) is 0 Å². The molecule has 0 aliphatic heterocycles. The molecule has 0 aliphatic rings. The lowest BCUT2D eigenvalue weighted by Gasteiger charge is -2.23. The number of hydrogen-bond donors (Lipinski definition) is 0. The van der Waals surface area contributed by atoms with Gasteiger partial charge in [0.1, 0.15) is 5.82 Å². The molecule has 0 spiro atoms. The molecule has 0 aromatic heterocycles. The molecule has 5 nitrogen and oxygen atoms in total. The lowest BCUT2D eigenvalue weighted by atomic mass is 10.2. The minimum atomic E-state index is -4.08. The third-order valence-electron chi connectivity index (χ3n) is 3.64. The fourth-order valence-corrected chi connectivity index (χ4v) is 4.16. The van der Waals surface area contributed by atoms with Crippen molar-refractivity contribution in [2.75, 3.05) is 13.7 Å². The molecule has 0 bridgehead atoms. The average molecular weight is 365 g/mol. The highest BCUT2D eigenvalue weighted by Gasteiger charge is 2.29. The minimum absolute atomic E-state index is 0.133. The molecule has 7 heteroatoms. The van der Waals surface area contributed by atoms with Crippen molar-refractivity contribution in [2.45, 2.75) is 24.8 Å². The van der Waals surface area contributed by atoms with Gasteiger partial charge in [0.25, 0.3) is 0 Å². The minimum Gasteiger partial charge on any atom is -0.465 e. The van der Waals surface area contributed by atoms with Gasteiger partial charge in [0.2, 0.25) is 10.0 Å². The van der Waals surface area contributed by atoms with E-state index in [2.05, 4.69) is 4.74 Å². The molecular weight excluding hydrogens is 345 g/mol. The zero-order valence-corrected chi connectivity index (χ0v) is 14.9. The molecular formula is C18H20FNO4S. The summed E-state index contributed by atoms with van der Waals surface area (Å²) >= 11 is 0. The summed E-state index contributed by atoms with van der Waals surface area (Å²) < 4.78 is 45.7. The average Bonchev–Trinajstić information content (AvgIpc) is 2.61. The highest BCUT2D eigenvalue weighted by atomic mass is 32.2. The van der Waals surface area contributed by atoms with Crippen LogP contribution in [0.15, 0.2) is 53.4 Å². The van der Waals surface area contributed by atoms with Gasteiger partial charge in [0.15, 0.2) is 0 Å². The summed E-state index contributed by atoms with van der Waals surface area (Å²) in [7, 11) is -2.93. The Labute approximate surface area is 147 Å². The molecule has 2 rings (SSSR count). The van der Waals surface area contributed by atoms with E-state index in [1.807, 2.05) is 37.3 Å².